The van der Waals surface area contributed by atoms with Gasteiger partial charge in [0.25, 0.3) is 0 Å². The van der Waals surface area contributed by atoms with Crippen LogP contribution in [0.5, 0.6) is 5.75 Å². The Morgan fingerprint density at radius 3 is 2.68 bits per heavy atom. The summed E-state index contributed by atoms with van der Waals surface area (Å²) in [7, 11) is 1.60. The second-order valence-electron chi connectivity index (χ2n) is 6.97. The number of carbonyl (C=O) groups is 1. The minimum Gasteiger partial charge on any atom is -0.497 e. The van der Waals surface area contributed by atoms with Gasteiger partial charge in [0, 0.05) is 18.4 Å². The lowest BCUT2D eigenvalue weighted by Crippen LogP contribution is -2.59. The standard InChI is InChI=1S/C20H21N3O2/c1-25-16-7-5-15(6-8-16)19(14-21)10-11-20(22-18(19)24)9-3-13-23-12-2-4-17(20)23/h2,4-8,12H,3,9-11,13H2,1H3,(H,22,24). The van der Waals surface area contributed by atoms with Crippen LogP contribution in [0.4, 0.5) is 0 Å². The van der Waals surface area contributed by atoms with Gasteiger partial charge in [-0.2, -0.15) is 5.26 Å². The van der Waals surface area contributed by atoms with Crippen LogP contribution in [0.3, 0.4) is 0 Å². The Balaban J connectivity index is 1.69. The number of methoxy groups -OCH3 is 1. The molecule has 1 saturated heterocycles. The molecule has 1 amide bonds. The van der Waals surface area contributed by atoms with Crippen molar-refractivity contribution in [3.8, 4) is 11.8 Å². The first kappa shape index (κ1) is 15.8. The molecule has 4 rings (SSSR count). The van der Waals surface area contributed by atoms with E-state index in [1.54, 1.807) is 19.2 Å². The zero-order valence-corrected chi connectivity index (χ0v) is 14.3. The molecule has 2 atom stereocenters. The first-order chi connectivity index (χ1) is 12.1. The molecule has 5 heteroatoms. The topological polar surface area (TPSA) is 67.0 Å². The minimum atomic E-state index is -1.13. The van der Waals surface area contributed by atoms with Crippen molar-refractivity contribution in [1.29, 1.82) is 5.26 Å². The highest BCUT2D eigenvalue weighted by molar-refractivity contribution is 5.93. The van der Waals surface area contributed by atoms with Crippen LogP contribution in [0.2, 0.25) is 0 Å². The van der Waals surface area contributed by atoms with E-state index in [1.807, 2.05) is 18.2 Å². The molecule has 1 fully saturated rings. The lowest BCUT2D eigenvalue weighted by atomic mass is 9.68. The smallest absolute Gasteiger partial charge is 0.245 e. The number of aryl methyl sites for hydroxylation is 1. The number of piperidine rings is 1. The summed E-state index contributed by atoms with van der Waals surface area (Å²) in [5.74, 6) is 0.524. The molecule has 128 valence electrons. The summed E-state index contributed by atoms with van der Waals surface area (Å²) in [6.45, 7) is 0.988. The highest BCUT2D eigenvalue weighted by Crippen LogP contribution is 2.44. The van der Waals surface area contributed by atoms with Gasteiger partial charge in [0.2, 0.25) is 5.91 Å². The SMILES string of the molecule is COc1ccc(C2(C#N)CCC3(CCCn4cccc43)NC2=O)cc1. The Kier molecular flexibility index (Phi) is 3.57. The van der Waals surface area contributed by atoms with Crippen LogP contribution in [0.15, 0.2) is 42.6 Å². The molecule has 1 N–H and O–H groups in total. The molecule has 2 aliphatic rings. The number of amides is 1. The molecule has 2 aromatic rings. The maximum Gasteiger partial charge on any atom is 0.245 e. The Bertz CT molecular complexity index is 849. The maximum absolute atomic E-state index is 13.1. The summed E-state index contributed by atoms with van der Waals surface area (Å²) in [5, 5.41) is 13.1. The van der Waals surface area contributed by atoms with Crippen molar-refractivity contribution in [2.75, 3.05) is 7.11 Å². The number of aromatic nitrogens is 1. The number of nitriles is 1. The van der Waals surface area contributed by atoms with Crippen molar-refractivity contribution < 1.29 is 9.53 Å². The van der Waals surface area contributed by atoms with Crippen LogP contribution < -0.4 is 10.1 Å². The van der Waals surface area contributed by atoms with Gasteiger partial charge >= 0.3 is 0 Å². The van der Waals surface area contributed by atoms with Gasteiger partial charge in [0.1, 0.15) is 5.75 Å². The van der Waals surface area contributed by atoms with Crippen molar-refractivity contribution in [3.63, 3.8) is 0 Å². The van der Waals surface area contributed by atoms with Gasteiger partial charge in [0.15, 0.2) is 5.41 Å². The number of fused-ring (bicyclic) bond motifs is 2. The van der Waals surface area contributed by atoms with Crippen LogP contribution in [-0.2, 0) is 22.3 Å². The van der Waals surface area contributed by atoms with E-state index in [0.29, 0.717) is 6.42 Å². The predicted molar refractivity (Wildman–Crippen MR) is 93.0 cm³/mol. The third-order valence-electron chi connectivity index (χ3n) is 5.76. The fourth-order valence-electron chi connectivity index (χ4n) is 4.33. The van der Waals surface area contributed by atoms with E-state index in [9.17, 15) is 10.1 Å². The zero-order valence-electron chi connectivity index (χ0n) is 14.3. The molecule has 3 heterocycles. The van der Waals surface area contributed by atoms with Crippen LogP contribution in [0.1, 0.15) is 36.9 Å². The van der Waals surface area contributed by atoms with Gasteiger partial charge < -0.3 is 14.6 Å². The number of rotatable bonds is 2. The summed E-state index contributed by atoms with van der Waals surface area (Å²) in [6.07, 6.45) is 5.31. The third-order valence-corrected chi connectivity index (χ3v) is 5.76. The number of ether oxygens (including phenoxy) is 1. The van der Waals surface area contributed by atoms with E-state index in [2.05, 4.69) is 28.2 Å². The lowest BCUT2D eigenvalue weighted by Gasteiger charge is -2.46. The predicted octanol–water partition coefficient (Wildman–Crippen LogP) is 2.86. The highest BCUT2D eigenvalue weighted by Gasteiger charge is 2.52. The average Bonchev–Trinajstić information content (AvgIpc) is 3.13. The van der Waals surface area contributed by atoms with E-state index in [1.165, 1.54) is 0 Å². The molecule has 2 unspecified atom stereocenters. The molecular formula is C20H21N3O2. The zero-order chi connectivity index (χ0) is 17.5. The summed E-state index contributed by atoms with van der Waals surface area (Å²) >= 11 is 0. The van der Waals surface area contributed by atoms with Crippen molar-refractivity contribution in [1.82, 2.24) is 9.88 Å². The second kappa shape index (κ2) is 5.66. The Morgan fingerprint density at radius 2 is 2.00 bits per heavy atom. The van der Waals surface area contributed by atoms with Gasteiger partial charge in [0.05, 0.1) is 18.7 Å². The lowest BCUT2D eigenvalue weighted by molar-refractivity contribution is -0.130. The highest BCUT2D eigenvalue weighted by atomic mass is 16.5. The number of carbonyl (C=O) groups excluding carboxylic acids is 1. The molecule has 0 aliphatic carbocycles. The van der Waals surface area contributed by atoms with Crippen molar-refractivity contribution >= 4 is 5.91 Å². The van der Waals surface area contributed by atoms with Gasteiger partial charge in [-0.25, -0.2) is 0 Å². The quantitative estimate of drug-likeness (QED) is 0.917. The first-order valence-corrected chi connectivity index (χ1v) is 8.68. The molecule has 0 radical (unpaired) electrons. The van der Waals surface area contributed by atoms with E-state index in [4.69, 9.17) is 4.74 Å². The molecular weight excluding hydrogens is 314 g/mol. The molecule has 25 heavy (non-hydrogen) atoms. The van der Waals surface area contributed by atoms with Gasteiger partial charge in [-0.05, 0) is 55.5 Å². The number of nitrogens with zero attached hydrogens (tertiary/aromatic N) is 2. The van der Waals surface area contributed by atoms with E-state index >= 15 is 0 Å². The van der Waals surface area contributed by atoms with E-state index in [0.717, 1.165) is 42.8 Å². The number of benzene rings is 1. The van der Waals surface area contributed by atoms with Crippen molar-refractivity contribution in [2.24, 2.45) is 0 Å². The molecule has 5 nitrogen and oxygen atoms in total. The fraction of sp³-hybridized carbons (Fsp3) is 0.400. The fourth-order valence-corrected chi connectivity index (χ4v) is 4.33. The van der Waals surface area contributed by atoms with Crippen molar-refractivity contribution in [3.05, 3.63) is 53.9 Å². The molecule has 0 bridgehead atoms. The summed E-state index contributed by atoms with van der Waals surface area (Å²) in [6, 6.07) is 13.7. The monoisotopic (exact) mass is 335 g/mol. The normalized spacial score (nSPS) is 28.1. The third kappa shape index (κ3) is 2.25. The van der Waals surface area contributed by atoms with Crippen LogP contribution >= 0.6 is 0 Å². The first-order valence-electron chi connectivity index (χ1n) is 8.68. The minimum absolute atomic E-state index is 0.193. The average molecular weight is 335 g/mol. The van der Waals surface area contributed by atoms with E-state index < -0.39 is 5.41 Å². The van der Waals surface area contributed by atoms with Crippen LogP contribution in [0.25, 0.3) is 0 Å². The summed E-state index contributed by atoms with van der Waals surface area (Å²) in [5.41, 5.74) is 0.417. The maximum atomic E-state index is 13.1. The van der Waals surface area contributed by atoms with E-state index in [-0.39, 0.29) is 11.4 Å². The number of nitrogens with one attached hydrogen (secondary N) is 1. The second-order valence-corrected chi connectivity index (χ2v) is 6.97. The van der Waals surface area contributed by atoms with Gasteiger partial charge in [-0.1, -0.05) is 12.1 Å². The Hall–Kier alpha value is -2.74. The largest absolute Gasteiger partial charge is 0.497 e. The molecule has 1 aromatic heterocycles. The Morgan fingerprint density at radius 1 is 1.20 bits per heavy atom. The molecule has 2 aliphatic heterocycles. The van der Waals surface area contributed by atoms with Crippen LogP contribution in [-0.4, -0.2) is 17.6 Å². The van der Waals surface area contributed by atoms with Gasteiger partial charge in [-0.3, -0.25) is 4.79 Å². The number of hydrogen-bond donors (Lipinski definition) is 1. The number of hydrogen-bond acceptors (Lipinski definition) is 3. The van der Waals surface area contributed by atoms with Gasteiger partial charge in [-0.15, -0.1) is 0 Å². The molecule has 1 spiro atoms. The molecule has 1 aromatic carbocycles. The summed E-state index contributed by atoms with van der Waals surface area (Å²) < 4.78 is 7.40. The van der Waals surface area contributed by atoms with Crippen LogP contribution in [0, 0.1) is 11.3 Å². The molecule has 0 saturated carbocycles. The summed E-state index contributed by atoms with van der Waals surface area (Å²) in [4.78, 5) is 13.1. The van der Waals surface area contributed by atoms with Crippen molar-refractivity contribution in [2.45, 2.75) is 43.2 Å². The Labute approximate surface area is 147 Å².